The average Bonchev–Trinajstić information content (AvgIpc) is 2.80. The highest BCUT2D eigenvalue weighted by Gasteiger charge is 2.29. The summed E-state index contributed by atoms with van der Waals surface area (Å²) >= 11 is 0. The molecule has 3 aromatic rings. The zero-order chi connectivity index (χ0) is 23.4. The normalized spacial score (nSPS) is 15.8. The fourth-order valence-electron chi connectivity index (χ4n) is 4.18. The summed E-state index contributed by atoms with van der Waals surface area (Å²) in [5.41, 5.74) is 3.84. The number of hydrogen-bond acceptors (Lipinski definition) is 3. The van der Waals surface area contributed by atoms with Gasteiger partial charge in [-0.15, -0.1) is 0 Å². The molecule has 33 heavy (non-hydrogen) atoms. The van der Waals surface area contributed by atoms with Gasteiger partial charge in [0.1, 0.15) is 5.82 Å². The van der Waals surface area contributed by atoms with Gasteiger partial charge in [0, 0.05) is 6.54 Å². The highest BCUT2D eigenvalue weighted by atomic mass is 32.2. The number of carbonyl (C=O) groups is 1. The molecule has 5 nitrogen and oxygen atoms in total. The molecule has 0 unspecified atom stereocenters. The second-order valence-corrected chi connectivity index (χ2v) is 10.4. The molecule has 7 heteroatoms. The fourth-order valence-corrected chi connectivity index (χ4v) is 5.57. The Hall–Kier alpha value is -3.03. The van der Waals surface area contributed by atoms with Crippen LogP contribution in [-0.4, -0.2) is 25.2 Å². The zero-order valence-electron chi connectivity index (χ0n) is 18.5. The van der Waals surface area contributed by atoms with Crippen LogP contribution in [0.15, 0.2) is 77.7 Å². The van der Waals surface area contributed by atoms with Gasteiger partial charge in [-0.2, -0.15) is 4.31 Å². The number of nitrogens with one attached hydrogen (secondary N) is 1. The van der Waals surface area contributed by atoms with Crippen molar-refractivity contribution in [1.82, 2.24) is 9.62 Å². The van der Waals surface area contributed by atoms with E-state index < -0.39 is 15.8 Å². The first kappa shape index (κ1) is 23.1. The first-order chi connectivity index (χ1) is 15.8. The third kappa shape index (κ3) is 5.49. The third-order valence-corrected chi connectivity index (χ3v) is 7.76. The van der Waals surface area contributed by atoms with Crippen LogP contribution in [0.25, 0.3) is 0 Å². The Labute approximate surface area is 194 Å². The first-order valence-corrected chi connectivity index (χ1v) is 12.5. The molecule has 4 rings (SSSR count). The number of halogens is 1. The van der Waals surface area contributed by atoms with Crippen LogP contribution in [0.5, 0.6) is 0 Å². The largest absolute Gasteiger partial charge is 0.348 e. The van der Waals surface area contributed by atoms with E-state index in [0.29, 0.717) is 5.56 Å². The smallest absolute Gasteiger partial charge is 0.243 e. The fraction of sp³-hybridized carbons (Fsp3) is 0.269. The summed E-state index contributed by atoms with van der Waals surface area (Å²) in [7, 11) is -3.94. The second kappa shape index (κ2) is 9.85. The minimum Gasteiger partial charge on any atom is -0.348 e. The maximum atomic E-state index is 13.4. The average molecular weight is 467 g/mol. The Morgan fingerprint density at radius 2 is 1.73 bits per heavy atom. The Bertz CT molecular complexity index is 1230. The first-order valence-electron chi connectivity index (χ1n) is 11.0. The summed E-state index contributed by atoms with van der Waals surface area (Å²) in [6.07, 6.45) is 2.75. The lowest BCUT2D eigenvalue weighted by atomic mass is 9.88. The molecule has 1 N–H and O–H groups in total. The molecule has 1 amide bonds. The van der Waals surface area contributed by atoms with Gasteiger partial charge in [0.15, 0.2) is 0 Å². The van der Waals surface area contributed by atoms with Crippen LogP contribution in [0.2, 0.25) is 0 Å². The van der Waals surface area contributed by atoms with Crippen LogP contribution >= 0.6 is 0 Å². The number of nitrogens with zero attached hydrogens (tertiary/aromatic N) is 1. The standard InChI is InChI=1S/C26H27FN2O3S/c1-19-9-15-23(16-10-19)33(31,32)29(17-20-11-13-22(27)14-12-20)18-26(30)28-25-8-4-6-21-5-2-3-7-24(21)25/h2-3,5,7,9-16,25H,4,6,8,17-18H2,1H3,(H,28,30)/t25-/m1/s1. The molecule has 0 spiro atoms. The number of rotatable bonds is 7. The van der Waals surface area contributed by atoms with E-state index >= 15 is 0 Å². The van der Waals surface area contributed by atoms with Gasteiger partial charge in [-0.1, -0.05) is 54.1 Å². The summed E-state index contributed by atoms with van der Waals surface area (Å²) in [5.74, 6) is -0.769. The van der Waals surface area contributed by atoms with Gasteiger partial charge in [0.25, 0.3) is 0 Å². The van der Waals surface area contributed by atoms with Crippen molar-refractivity contribution in [2.75, 3.05) is 6.54 Å². The van der Waals surface area contributed by atoms with E-state index in [2.05, 4.69) is 11.4 Å². The van der Waals surface area contributed by atoms with Crippen LogP contribution in [0.3, 0.4) is 0 Å². The van der Waals surface area contributed by atoms with Crippen LogP contribution in [0, 0.1) is 12.7 Å². The number of benzene rings is 3. The van der Waals surface area contributed by atoms with Crippen molar-refractivity contribution in [3.63, 3.8) is 0 Å². The van der Waals surface area contributed by atoms with Gasteiger partial charge < -0.3 is 5.32 Å². The number of amides is 1. The minimum atomic E-state index is -3.94. The highest BCUT2D eigenvalue weighted by molar-refractivity contribution is 7.89. The van der Waals surface area contributed by atoms with E-state index in [1.807, 2.05) is 25.1 Å². The van der Waals surface area contributed by atoms with Crippen LogP contribution < -0.4 is 5.32 Å². The molecule has 0 radical (unpaired) electrons. The molecule has 1 atom stereocenters. The number of sulfonamides is 1. The van der Waals surface area contributed by atoms with Gasteiger partial charge >= 0.3 is 0 Å². The Kier molecular flexibility index (Phi) is 6.91. The Balaban J connectivity index is 1.57. The number of aryl methyl sites for hydroxylation is 2. The zero-order valence-corrected chi connectivity index (χ0v) is 19.3. The molecule has 0 aromatic heterocycles. The summed E-state index contributed by atoms with van der Waals surface area (Å²) in [6, 6.07) is 20.0. The quantitative estimate of drug-likeness (QED) is 0.557. The van der Waals surface area contributed by atoms with E-state index in [9.17, 15) is 17.6 Å². The molecule has 172 valence electrons. The van der Waals surface area contributed by atoms with Gasteiger partial charge in [-0.05, 0) is 67.1 Å². The maximum Gasteiger partial charge on any atom is 0.243 e. The SMILES string of the molecule is Cc1ccc(S(=O)(=O)N(CC(=O)N[C@@H]2CCCc3ccccc32)Cc2ccc(F)cc2)cc1. The van der Waals surface area contributed by atoms with E-state index in [1.54, 1.807) is 12.1 Å². The van der Waals surface area contributed by atoms with Crippen LogP contribution in [0.4, 0.5) is 4.39 Å². The minimum absolute atomic E-state index is 0.0365. The topological polar surface area (TPSA) is 66.5 Å². The third-order valence-electron chi connectivity index (χ3n) is 5.96. The molecule has 0 heterocycles. The summed E-state index contributed by atoms with van der Waals surface area (Å²) in [5, 5.41) is 3.03. The van der Waals surface area contributed by atoms with E-state index in [0.717, 1.165) is 34.7 Å². The summed E-state index contributed by atoms with van der Waals surface area (Å²) in [4.78, 5) is 13.1. The van der Waals surface area contributed by atoms with Crippen molar-refractivity contribution in [3.8, 4) is 0 Å². The number of fused-ring (bicyclic) bond motifs is 1. The van der Waals surface area contributed by atoms with Crippen molar-refractivity contribution < 1.29 is 17.6 Å². The number of carbonyl (C=O) groups excluding carboxylic acids is 1. The van der Waals surface area contributed by atoms with Crippen LogP contribution in [-0.2, 0) is 27.8 Å². The monoisotopic (exact) mass is 466 g/mol. The predicted molar refractivity (Wildman–Crippen MR) is 125 cm³/mol. The molecule has 3 aromatic carbocycles. The van der Waals surface area contributed by atoms with Gasteiger partial charge in [-0.3, -0.25) is 4.79 Å². The van der Waals surface area contributed by atoms with Crippen molar-refractivity contribution in [3.05, 3.63) is 101 Å². The van der Waals surface area contributed by atoms with E-state index in [1.165, 1.54) is 42.0 Å². The van der Waals surface area contributed by atoms with Gasteiger partial charge in [0.05, 0.1) is 17.5 Å². The van der Waals surface area contributed by atoms with E-state index in [4.69, 9.17) is 0 Å². The molecular weight excluding hydrogens is 439 g/mol. The second-order valence-electron chi connectivity index (χ2n) is 8.42. The molecule has 0 aliphatic heterocycles. The van der Waals surface area contributed by atoms with Crippen LogP contribution in [0.1, 0.15) is 41.1 Å². The lowest BCUT2D eigenvalue weighted by Gasteiger charge is -2.28. The highest BCUT2D eigenvalue weighted by Crippen LogP contribution is 2.29. The van der Waals surface area contributed by atoms with Gasteiger partial charge in [0.2, 0.25) is 15.9 Å². The van der Waals surface area contributed by atoms with E-state index in [-0.39, 0.29) is 29.9 Å². The van der Waals surface area contributed by atoms with Crippen molar-refractivity contribution in [2.24, 2.45) is 0 Å². The Morgan fingerprint density at radius 3 is 2.45 bits per heavy atom. The predicted octanol–water partition coefficient (Wildman–Crippen LogP) is 4.52. The summed E-state index contributed by atoms with van der Waals surface area (Å²) < 4.78 is 41.3. The van der Waals surface area contributed by atoms with Crippen molar-refractivity contribution in [1.29, 1.82) is 0 Å². The summed E-state index contributed by atoms with van der Waals surface area (Å²) in [6.45, 7) is 1.51. The number of hydrogen-bond donors (Lipinski definition) is 1. The lowest BCUT2D eigenvalue weighted by molar-refractivity contribution is -0.122. The molecule has 0 fully saturated rings. The Morgan fingerprint density at radius 1 is 1.03 bits per heavy atom. The molecule has 1 aliphatic carbocycles. The lowest BCUT2D eigenvalue weighted by Crippen LogP contribution is -2.42. The molecule has 1 aliphatic rings. The molecule has 0 saturated heterocycles. The van der Waals surface area contributed by atoms with Crippen molar-refractivity contribution >= 4 is 15.9 Å². The molecule has 0 saturated carbocycles. The van der Waals surface area contributed by atoms with Crippen molar-refractivity contribution in [2.45, 2.75) is 43.7 Å². The van der Waals surface area contributed by atoms with Gasteiger partial charge in [-0.25, -0.2) is 12.8 Å². The molecular formula is C26H27FN2O3S. The molecule has 0 bridgehead atoms. The maximum absolute atomic E-state index is 13.4.